The Morgan fingerprint density at radius 3 is 2.67 bits per heavy atom. The number of hydrogen-bond donors (Lipinski definition) is 1. The van der Waals surface area contributed by atoms with Crippen LogP contribution in [-0.2, 0) is 0 Å². The topological polar surface area (TPSA) is 33.4 Å². The van der Waals surface area contributed by atoms with Crippen LogP contribution in [0.1, 0.15) is 56.1 Å². The molecule has 18 heavy (non-hydrogen) atoms. The predicted octanol–water partition coefficient (Wildman–Crippen LogP) is 4.17. The van der Waals surface area contributed by atoms with Crippen molar-refractivity contribution in [1.29, 1.82) is 0 Å². The molecule has 1 aromatic heterocycles. The summed E-state index contributed by atoms with van der Waals surface area (Å²) in [5.41, 5.74) is 0. The first kappa shape index (κ1) is 13.5. The molecule has 1 N–H and O–H groups in total. The van der Waals surface area contributed by atoms with Gasteiger partial charge in [0.25, 0.3) is 0 Å². The monoisotopic (exact) mass is 262 g/mol. The van der Waals surface area contributed by atoms with E-state index in [1.807, 2.05) is 6.07 Å². The second-order valence-corrected chi connectivity index (χ2v) is 5.08. The van der Waals surface area contributed by atoms with E-state index in [0.717, 1.165) is 12.2 Å². The van der Waals surface area contributed by atoms with Crippen molar-refractivity contribution in [2.45, 2.75) is 50.8 Å². The maximum absolute atomic E-state index is 12.0. The molecule has 0 saturated heterocycles. The number of halogens is 3. The van der Waals surface area contributed by atoms with Gasteiger partial charge in [-0.1, -0.05) is 6.92 Å². The molecule has 3 atom stereocenters. The molecule has 102 valence electrons. The van der Waals surface area contributed by atoms with E-state index in [4.69, 9.17) is 4.42 Å². The molecule has 0 aliphatic heterocycles. The van der Waals surface area contributed by atoms with Crippen molar-refractivity contribution in [1.82, 2.24) is 0 Å². The van der Waals surface area contributed by atoms with E-state index >= 15 is 0 Å². The van der Waals surface area contributed by atoms with E-state index < -0.39 is 18.7 Å². The minimum Gasteiger partial charge on any atom is -0.463 e. The maximum Gasteiger partial charge on any atom is 0.389 e. The molecule has 1 aromatic rings. The highest BCUT2D eigenvalue weighted by molar-refractivity contribution is 5.18. The van der Waals surface area contributed by atoms with Crippen molar-refractivity contribution >= 4 is 0 Å². The Bertz CT molecular complexity index is 397. The smallest absolute Gasteiger partial charge is 0.389 e. The van der Waals surface area contributed by atoms with Gasteiger partial charge in [0, 0.05) is 12.3 Å². The third-order valence-corrected chi connectivity index (χ3v) is 3.39. The Balaban J connectivity index is 1.81. The van der Waals surface area contributed by atoms with Gasteiger partial charge in [-0.2, -0.15) is 13.2 Å². The second kappa shape index (κ2) is 4.96. The van der Waals surface area contributed by atoms with Crippen LogP contribution in [0, 0.1) is 5.92 Å². The zero-order chi connectivity index (χ0) is 13.3. The summed E-state index contributed by atoms with van der Waals surface area (Å²) in [6.45, 7) is 2.12. The number of rotatable bonds is 5. The molecule has 1 aliphatic rings. The molecule has 5 heteroatoms. The van der Waals surface area contributed by atoms with Crippen molar-refractivity contribution in [2.24, 2.45) is 5.92 Å². The predicted molar refractivity (Wildman–Crippen MR) is 60.1 cm³/mol. The molecule has 3 unspecified atom stereocenters. The standard InChI is InChI=1S/C13H17F3O2/c1-8-7-9(8)11-4-5-12(18-11)10(17)3-2-6-13(14,15)16/h4-5,8-10,17H,2-3,6-7H2,1H3. The van der Waals surface area contributed by atoms with Gasteiger partial charge >= 0.3 is 6.18 Å². The molecule has 1 aliphatic carbocycles. The number of aliphatic hydroxyl groups is 1. The van der Waals surface area contributed by atoms with Crippen LogP contribution in [0.4, 0.5) is 13.2 Å². The van der Waals surface area contributed by atoms with Gasteiger partial charge in [-0.3, -0.25) is 0 Å². The first-order chi connectivity index (χ1) is 8.37. The van der Waals surface area contributed by atoms with Crippen LogP contribution in [-0.4, -0.2) is 11.3 Å². The Morgan fingerprint density at radius 2 is 2.11 bits per heavy atom. The van der Waals surface area contributed by atoms with Gasteiger partial charge in [0.15, 0.2) is 0 Å². The van der Waals surface area contributed by atoms with Crippen LogP contribution in [0.15, 0.2) is 16.5 Å². The largest absolute Gasteiger partial charge is 0.463 e. The van der Waals surface area contributed by atoms with Gasteiger partial charge < -0.3 is 9.52 Å². The highest BCUT2D eigenvalue weighted by Gasteiger charge is 2.37. The van der Waals surface area contributed by atoms with Gasteiger partial charge in [0.05, 0.1) is 0 Å². The lowest BCUT2D eigenvalue weighted by Gasteiger charge is -2.09. The first-order valence-electron chi connectivity index (χ1n) is 6.21. The minimum atomic E-state index is -4.16. The Labute approximate surface area is 104 Å². The third-order valence-electron chi connectivity index (χ3n) is 3.39. The lowest BCUT2D eigenvalue weighted by atomic mass is 10.1. The van der Waals surface area contributed by atoms with Gasteiger partial charge in [-0.15, -0.1) is 0 Å². The SMILES string of the molecule is CC1CC1c1ccc(C(O)CCCC(F)(F)F)o1. The van der Waals surface area contributed by atoms with Crippen molar-refractivity contribution in [3.63, 3.8) is 0 Å². The Hall–Kier alpha value is -0.970. The summed E-state index contributed by atoms with van der Waals surface area (Å²) in [7, 11) is 0. The highest BCUT2D eigenvalue weighted by Crippen LogP contribution is 2.47. The lowest BCUT2D eigenvalue weighted by Crippen LogP contribution is -2.07. The van der Waals surface area contributed by atoms with Gasteiger partial charge in [-0.05, 0) is 37.3 Å². The zero-order valence-corrected chi connectivity index (χ0v) is 10.2. The number of alkyl halides is 3. The molecule has 1 heterocycles. The molecular formula is C13H17F3O2. The van der Waals surface area contributed by atoms with Crippen LogP contribution in [0.25, 0.3) is 0 Å². The molecule has 1 fully saturated rings. The fourth-order valence-corrected chi connectivity index (χ4v) is 2.10. The van der Waals surface area contributed by atoms with Crippen LogP contribution < -0.4 is 0 Å². The zero-order valence-electron chi connectivity index (χ0n) is 10.2. The normalized spacial score (nSPS) is 25.2. The van der Waals surface area contributed by atoms with Crippen LogP contribution in [0.2, 0.25) is 0 Å². The van der Waals surface area contributed by atoms with E-state index in [0.29, 0.717) is 17.6 Å². The van der Waals surface area contributed by atoms with Crippen molar-refractivity contribution in [2.75, 3.05) is 0 Å². The van der Waals surface area contributed by atoms with Gasteiger partial charge in [0.1, 0.15) is 17.6 Å². The Kier molecular flexibility index (Phi) is 3.71. The van der Waals surface area contributed by atoms with Gasteiger partial charge in [-0.25, -0.2) is 0 Å². The maximum atomic E-state index is 12.0. The number of furan rings is 1. The second-order valence-electron chi connectivity index (χ2n) is 5.08. The third kappa shape index (κ3) is 3.51. The minimum absolute atomic E-state index is 0.0761. The summed E-state index contributed by atoms with van der Waals surface area (Å²) in [5, 5.41) is 9.74. The average Bonchev–Trinajstić information content (AvgIpc) is 2.79. The molecule has 0 aromatic carbocycles. The molecule has 2 rings (SSSR count). The van der Waals surface area contributed by atoms with Crippen molar-refractivity contribution < 1.29 is 22.7 Å². The van der Waals surface area contributed by atoms with Crippen molar-refractivity contribution in [3.05, 3.63) is 23.7 Å². The van der Waals surface area contributed by atoms with E-state index in [1.54, 1.807) is 6.07 Å². The summed E-state index contributed by atoms with van der Waals surface area (Å²) < 4.78 is 41.4. The Morgan fingerprint density at radius 1 is 1.44 bits per heavy atom. The summed E-state index contributed by atoms with van der Waals surface area (Å²) in [4.78, 5) is 0. The number of hydrogen-bond acceptors (Lipinski definition) is 2. The summed E-state index contributed by atoms with van der Waals surface area (Å²) in [6, 6.07) is 3.48. The quantitative estimate of drug-likeness (QED) is 0.864. The van der Waals surface area contributed by atoms with E-state index in [2.05, 4.69) is 6.92 Å². The average molecular weight is 262 g/mol. The molecule has 0 radical (unpaired) electrons. The fourth-order valence-electron chi connectivity index (χ4n) is 2.10. The molecular weight excluding hydrogens is 245 g/mol. The highest BCUT2D eigenvalue weighted by atomic mass is 19.4. The lowest BCUT2D eigenvalue weighted by molar-refractivity contribution is -0.136. The molecule has 0 amide bonds. The number of aliphatic hydroxyl groups excluding tert-OH is 1. The molecule has 0 bridgehead atoms. The summed E-state index contributed by atoms with van der Waals surface area (Å²) in [5.74, 6) is 2.24. The van der Waals surface area contributed by atoms with E-state index in [1.165, 1.54) is 0 Å². The van der Waals surface area contributed by atoms with Gasteiger partial charge in [0.2, 0.25) is 0 Å². The summed E-state index contributed by atoms with van der Waals surface area (Å²) in [6.07, 6.45) is -4.88. The molecule has 2 nitrogen and oxygen atoms in total. The van der Waals surface area contributed by atoms with E-state index in [-0.39, 0.29) is 12.8 Å². The molecule has 1 saturated carbocycles. The van der Waals surface area contributed by atoms with Crippen LogP contribution in [0.5, 0.6) is 0 Å². The molecule has 0 spiro atoms. The van der Waals surface area contributed by atoms with E-state index in [9.17, 15) is 18.3 Å². The van der Waals surface area contributed by atoms with Crippen LogP contribution >= 0.6 is 0 Å². The summed E-state index contributed by atoms with van der Waals surface area (Å²) >= 11 is 0. The van der Waals surface area contributed by atoms with Crippen molar-refractivity contribution in [3.8, 4) is 0 Å². The van der Waals surface area contributed by atoms with Crippen LogP contribution in [0.3, 0.4) is 0 Å². The fraction of sp³-hybridized carbons (Fsp3) is 0.692. The first-order valence-corrected chi connectivity index (χ1v) is 6.21.